The van der Waals surface area contributed by atoms with Gasteiger partial charge in [0.25, 0.3) is 0 Å². The average Bonchev–Trinajstić information content (AvgIpc) is 2.93. The summed E-state index contributed by atoms with van der Waals surface area (Å²) in [7, 11) is 0. The molecule has 0 heterocycles. The summed E-state index contributed by atoms with van der Waals surface area (Å²) in [5.41, 5.74) is 0.187. The molecule has 4 aliphatic rings. The minimum absolute atomic E-state index is 0.0936. The average molecular weight is 646 g/mol. The topological polar surface area (TPSA) is 31.2 Å². The van der Waals surface area contributed by atoms with Crippen LogP contribution in [0.1, 0.15) is 170 Å². The van der Waals surface area contributed by atoms with E-state index in [0.717, 1.165) is 0 Å². The summed E-state index contributed by atoms with van der Waals surface area (Å²) in [5.74, 6) is 2.94. The SMILES string of the molecule is CC(C)(C)C(=NC1CCCCC1)[N]([Sn][N](C(=NC1CCCCC1)C(C)(C)C)C1CCCCC1)C1CCCCC1. The number of hydrogen-bond acceptors (Lipinski definition) is 2. The first-order valence-corrected chi connectivity index (χ1v) is 19.7. The van der Waals surface area contributed by atoms with Gasteiger partial charge in [0, 0.05) is 0 Å². The number of hydrogen-bond donors (Lipinski definition) is 0. The van der Waals surface area contributed by atoms with Gasteiger partial charge in [-0.25, -0.2) is 0 Å². The molecule has 0 aliphatic heterocycles. The van der Waals surface area contributed by atoms with Gasteiger partial charge in [-0.2, -0.15) is 0 Å². The maximum absolute atomic E-state index is 5.74. The maximum atomic E-state index is 5.74. The molecular formula is C34H62N4Sn. The van der Waals surface area contributed by atoms with Crippen molar-refractivity contribution in [1.29, 1.82) is 0 Å². The Morgan fingerprint density at radius 1 is 0.462 bits per heavy atom. The zero-order chi connectivity index (χ0) is 27.9. The van der Waals surface area contributed by atoms with Crippen molar-refractivity contribution in [1.82, 2.24) is 6.24 Å². The molecule has 222 valence electrons. The van der Waals surface area contributed by atoms with Crippen LogP contribution < -0.4 is 0 Å². The van der Waals surface area contributed by atoms with Gasteiger partial charge < -0.3 is 0 Å². The quantitative estimate of drug-likeness (QED) is 0.164. The zero-order valence-electron chi connectivity index (χ0n) is 26.7. The molecule has 0 atom stereocenters. The monoisotopic (exact) mass is 646 g/mol. The number of amidine groups is 2. The first-order valence-electron chi connectivity index (χ1n) is 17.1. The molecule has 0 aromatic rings. The molecule has 0 aromatic heterocycles. The van der Waals surface area contributed by atoms with Crippen molar-refractivity contribution in [3.8, 4) is 0 Å². The van der Waals surface area contributed by atoms with Crippen LogP contribution >= 0.6 is 0 Å². The van der Waals surface area contributed by atoms with Gasteiger partial charge in [0.2, 0.25) is 0 Å². The fraction of sp³-hybridized carbons (Fsp3) is 0.941. The van der Waals surface area contributed by atoms with E-state index in [-0.39, 0.29) is 10.8 Å². The van der Waals surface area contributed by atoms with E-state index < -0.39 is 21.7 Å². The fourth-order valence-corrected chi connectivity index (χ4v) is 13.3. The summed E-state index contributed by atoms with van der Waals surface area (Å²) in [4.78, 5) is 11.5. The first kappa shape index (κ1) is 31.7. The van der Waals surface area contributed by atoms with Gasteiger partial charge in [-0.1, -0.05) is 0 Å². The molecule has 4 aliphatic carbocycles. The molecule has 5 heteroatoms. The standard InChI is InChI=1S/2C17H31N2.Sn/c2*1-17(2,3)16(18-14-10-6-4-7-11-14)19-15-12-8-5-9-13-15;/h2*14-15H,4-13H2,1-3H3;/q2*-1;+2. The van der Waals surface area contributed by atoms with Crippen molar-refractivity contribution in [2.75, 3.05) is 0 Å². The predicted molar refractivity (Wildman–Crippen MR) is 171 cm³/mol. The Hall–Kier alpha value is -0.261. The molecule has 4 rings (SSSR count). The predicted octanol–water partition coefficient (Wildman–Crippen LogP) is 9.34. The summed E-state index contributed by atoms with van der Waals surface area (Å²) in [6.45, 7) is 14.7. The summed E-state index contributed by atoms with van der Waals surface area (Å²) in [5, 5.41) is 0. The molecule has 39 heavy (non-hydrogen) atoms. The van der Waals surface area contributed by atoms with Crippen molar-refractivity contribution >= 4 is 33.4 Å². The van der Waals surface area contributed by atoms with E-state index in [1.165, 1.54) is 140 Å². The Balaban J connectivity index is 1.75. The van der Waals surface area contributed by atoms with E-state index >= 15 is 0 Å². The molecule has 4 nitrogen and oxygen atoms in total. The van der Waals surface area contributed by atoms with Gasteiger partial charge in [0.15, 0.2) is 0 Å². The number of rotatable bonds is 6. The molecule has 0 saturated heterocycles. The third kappa shape index (κ3) is 9.37. The van der Waals surface area contributed by atoms with E-state index in [0.29, 0.717) is 24.2 Å². The Kier molecular flexibility index (Phi) is 12.0. The molecule has 0 bridgehead atoms. The summed E-state index contributed by atoms with van der Waals surface area (Å²) < 4.78 is 6.04. The van der Waals surface area contributed by atoms with Gasteiger partial charge in [0.05, 0.1) is 0 Å². The molecule has 2 radical (unpaired) electrons. The van der Waals surface area contributed by atoms with Crippen LogP contribution in [0.15, 0.2) is 9.98 Å². The van der Waals surface area contributed by atoms with Crippen LogP contribution in [0.2, 0.25) is 0 Å². The molecule has 0 unspecified atom stereocenters. The number of nitrogens with zero attached hydrogens (tertiary/aromatic N) is 4. The number of aliphatic imine (C=N–C) groups is 2. The normalized spacial score (nSPS) is 24.7. The summed E-state index contributed by atoms with van der Waals surface area (Å²) in [6.07, 6.45) is 27.3. The van der Waals surface area contributed by atoms with Crippen LogP contribution in [0.25, 0.3) is 0 Å². The van der Waals surface area contributed by atoms with E-state index in [9.17, 15) is 0 Å². The summed E-state index contributed by atoms with van der Waals surface area (Å²) >= 11 is -1.19. The molecule has 0 N–H and O–H groups in total. The van der Waals surface area contributed by atoms with Gasteiger partial charge in [-0.15, -0.1) is 0 Å². The van der Waals surface area contributed by atoms with Crippen LogP contribution in [0.4, 0.5) is 0 Å². The Morgan fingerprint density at radius 3 is 1.03 bits per heavy atom. The Bertz CT molecular complexity index is 717. The van der Waals surface area contributed by atoms with E-state index in [1.807, 2.05) is 0 Å². The van der Waals surface area contributed by atoms with Gasteiger partial charge in [-0.3, -0.25) is 0 Å². The molecular weight excluding hydrogens is 583 g/mol. The molecule has 4 fully saturated rings. The van der Waals surface area contributed by atoms with Crippen LogP contribution in [0, 0.1) is 10.8 Å². The van der Waals surface area contributed by atoms with E-state index in [4.69, 9.17) is 9.98 Å². The van der Waals surface area contributed by atoms with Gasteiger partial charge in [-0.05, 0) is 0 Å². The van der Waals surface area contributed by atoms with Gasteiger partial charge in [0.1, 0.15) is 0 Å². The van der Waals surface area contributed by atoms with Crippen molar-refractivity contribution in [3.63, 3.8) is 0 Å². The molecule has 0 amide bonds. The second-order valence-electron chi connectivity index (χ2n) is 15.4. The summed E-state index contributed by atoms with van der Waals surface area (Å²) in [6, 6.07) is 2.46. The second-order valence-corrected chi connectivity index (χ2v) is 18.7. The minimum atomic E-state index is -1.19. The van der Waals surface area contributed by atoms with Crippen molar-refractivity contribution in [2.45, 2.75) is 194 Å². The fourth-order valence-electron chi connectivity index (χ4n) is 7.40. The van der Waals surface area contributed by atoms with Crippen LogP contribution in [0.5, 0.6) is 0 Å². The second kappa shape index (κ2) is 14.8. The Morgan fingerprint density at radius 2 is 0.744 bits per heavy atom. The third-order valence-corrected chi connectivity index (χ3v) is 14.2. The molecule has 0 spiro atoms. The van der Waals surface area contributed by atoms with Crippen molar-refractivity contribution < 1.29 is 0 Å². The zero-order valence-corrected chi connectivity index (χ0v) is 29.6. The van der Waals surface area contributed by atoms with Crippen molar-refractivity contribution in [2.24, 2.45) is 20.8 Å². The van der Waals surface area contributed by atoms with Crippen LogP contribution in [-0.2, 0) is 0 Å². The molecule has 4 saturated carbocycles. The van der Waals surface area contributed by atoms with Crippen LogP contribution in [-0.4, -0.2) is 63.8 Å². The third-order valence-electron chi connectivity index (χ3n) is 9.65. The van der Waals surface area contributed by atoms with Crippen molar-refractivity contribution in [3.05, 3.63) is 0 Å². The Labute approximate surface area is 253 Å². The van der Waals surface area contributed by atoms with E-state index in [1.54, 1.807) is 0 Å². The first-order chi connectivity index (χ1) is 18.6. The molecule has 0 aromatic carbocycles. The van der Waals surface area contributed by atoms with Gasteiger partial charge >= 0.3 is 255 Å². The van der Waals surface area contributed by atoms with E-state index in [2.05, 4.69) is 47.8 Å². The van der Waals surface area contributed by atoms with Crippen LogP contribution in [0.3, 0.4) is 0 Å².